The standard InChI is InChI=1S/C37H30Br2F3N5O/c1-21(2)23-8-10-24(11-9-23)30-19-32(37(40,41)42)46-33(43-30)20-31(44-46)36(48)47-35(25-12-16-28(39)17-13-25)29-5-3-4-26(34(29)45-47)18-22-6-14-27(38)15-7-22/h6-21,29,35H,3-5H2,1-2H3/b26-18-/t29-,35-/m0/s1. The summed E-state index contributed by atoms with van der Waals surface area (Å²) in [7, 11) is 0. The fourth-order valence-electron chi connectivity index (χ4n) is 6.51. The van der Waals surface area contributed by atoms with Crippen molar-refractivity contribution < 1.29 is 18.0 Å². The van der Waals surface area contributed by atoms with Crippen LogP contribution in [-0.4, -0.2) is 31.2 Å². The molecule has 6 nitrogen and oxygen atoms in total. The molecule has 1 fully saturated rings. The summed E-state index contributed by atoms with van der Waals surface area (Å²) in [5.41, 5.74) is 4.25. The number of aromatic nitrogens is 3. The lowest BCUT2D eigenvalue weighted by Gasteiger charge is -2.29. The van der Waals surface area contributed by atoms with Gasteiger partial charge in [0.25, 0.3) is 5.91 Å². The van der Waals surface area contributed by atoms with Crippen molar-refractivity contribution in [1.82, 2.24) is 19.6 Å². The SMILES string of the molecule is CC(C)c1ccc(-c2cc(C(F)(F)F)n3nc(C(=O)N4N=C5/C(=C\c6ccc(Br)cc6)CCC[C@@H]5[C@@H]4c4ccc(Br)cc4)cc3n2)cc1. The number of fused-ring (bicyclic) bond motifs is 2. The molecule has 2 aliphatic rings. The maximum atomic E-state index is 14.4. The van der Waals surface area contributed by atoms with Gasteiger partial charge in [0, 0.05) is 26.5 Å². The maximum Gasteiger partial charge on any atom is 0.433 e. The number of carbonyl (C=O) groups is 1. The molecule has 48 heavy (non-hydrogen) atoms. The largest absolute Gasteiger partial charge is 0.433 e. The fourth-order valence-corrected chi connectivity index (χ4v) is 7.03. The Balaban J connectivity index is 1.32. The van der Waals surface area contributed by atoms with Crippen LogP contribution in [0.4, 0.5) is 13.2 Å². The van der Waals surface area contributed by atoms with E-state index in [4.69, 9.17) is 5.10 Å². The lowest BCUT2D eigenvalue weighted by Crippen LogP contribution is -2.32. The van der Waals surface area contributed by atoms with Crippen LogP contribution in [0.5, 0.6) is 0 Å². The van der Waals surface area contributed by atoms with Crippen LogP contribution in [0.3, 0.4) is 0 Å². The van der Waals surface area contributed by atoms with E-state index in [0.717, 1.165) is 62.2 Å². The summed E-state index contributed by atoms with van der Waals surface area (Å²) in [6.45, 7) is 4.10. The zero-order valence-electron chi connectivity index (χ0n) is 26.0. The fraction of sp³-hybridized carbons (Fsp3) is 0.243. The zero-order valence-corrected chi connectivity index (χ0v) is 29.2. The molecule has 1 amide bonds. The summed E-state index contributed by atoms with van der Waals surface area (Å²) < 4.78 is 45.9. The zero-order chi connectivity index (χ0) is 33.7. The first-order chi connectivity index (χ1) is 23.0. The Hall–Kier alpha value is -4.09. The summed E-state index contributed by atoms with van der Waals surface area (Å²) in [5, 5.41) is 10.5. The van der Waals surface area contributed by atoms with Gasteiger partial charge >= 0.3 is 6.18 Å². The Morgan fingerprint density at radius 3 is 2.25 bits per heavy atom. The second-order valence-electron chi connectivity index (χ2n) is 12.5. The quantitative estimate of drug-likeness (QED) is 0.179. The second-order valence-corrected chi connectivity index (χ2v) is 14.3. The Labute approximate surface area is 292 Å². The molecule has 7 rings (SSSR count). The van der Waals surface area contributed by atoms with E-state index in [1.165, 1.54) is 11.1 Å². The molecule has 0 spiro atoms. The number of alkyl halides is 3. The maximum absolute atomic E-state index is 14.4. The molecular formula is C37H30Br2F3N5O. The molecule has 1 aliphatic heterocycles. The normalized spacial score (nSPS) is 18.9. The van der Waals surface area contributed by atoms with Crippen molar-refractivity contribution in [3.8, 4) is 11.3 Å². The van der Waals surface area contributed by atoms with Gasteiger partial charge in [0.2, 0.25) is 0 Å². The van der Waals surface area contributed by atoms with Crippen molar-refractivity contribution in [3.63, 3.8) is 0 Å². The van der Waals surface area contributed by atoms with E-state index in [0.29, 0.717) is 10.1 Å². The minimum atomic E-state index is -4.74. The van der Waals surface area contributed by atoms with Crippen molar-refractivity contribution >= 4 is 55.2 Å². The molecule has 3 heterocycles. The number of hydrazone groups is 1. The van der Waals surface area contributed by atoms with Crippen LogP contribution in [-0.2, 0) is 6.18 Å². The smallest absolute Gasteiger partial charge is 0.265 e. The van der Waals surface area contributed by atoms with Gasteiger partial charge in [-0.3, -0.25) is 4.79 Å². The van der Waals surface area contributed by atoms with E-state index in [2.05, 4.69) is 48.0 Å². The minimum absolute atomic E-state index is 0.0728. The molecule has 1 saturated carbocycles. The number of rotatable bonds is 5. The van der Waals surface area contributed by atoms with E-state index in [-0.39, 0.29) is 28.9 Å². The first-order valence-corrected chi connectivity index (χ1v) is 17.3. The van der Waals surface area contributed by atoms with Crippen molar-refractivity contribution in [1.29, 1.82) is 0 Å². The van der Waals surface area contributed by atoms with Crippen molar-refractivity contribution in [3.05, 3.63) is 128 Å². The van der Waals surface area contributed by atoms with Gasteiger partial charge in [0.05, 0.1) is 17.4 Å². The molecule has 1 aliphatic carbocycles. The Kier molecular flexibility index (Phi) is 8.62. The average Bonchev–Trinajstić information content (AvgIpc) is 3.68. The number of amides is 1. The molecular weight excluding hydrogens is 747 g/mol. The lowest BCUT2D eigenvalue weighted by atomic mass is 9.77. The molecule has 0 radical (unpaired) electrons. The number of benzene rings is 3. The molecule has 0 bridgehead atoms. The predicted octanol–water partition coefficient (Wildman–Crippen LogP) is 10.5. The third kappa shape index (κ3) is 6.25. The van der Waals surface area contributed by atoms with Gasteiger partial charge in [0.1, 0.15) is 0 Å². The first-order valence-electron chi connectivity index (χ1n) is 15.7. The van der Waals surface area contributed by atoms with Crippen LogP contribution >= 0.6 is 31.9 Å². The number of allylic oxidation sites excluding steroid dienone is 1. The van der Waals surface area contributed by atoms with Gasteiger partial charge < -0.3 is 0 Å². The lowest BCUT2D eigenvalue weighted by molar-refractivity contribution is -0.142. The van der Waals surface area contributed by atoms with Crippen LogP contribution in [0.25, 0.3) is 23.0 Å². The van der Waals surface area contributed by atoms with Crippen molar-refractivity contribution in [2.75, 3.05) is 0 Å². The molecule has 5 aromatic rings. The minimum Gasteiger partial charge on any atom is -0.265 e. The predicted molar refractivity (Wildman–Crippen MR) is 187 cm³/mol. The second kappa shape index (κ2) is 12.7. The Bertz CT molecular complexity index is 2070. The van der Waals surface area contributed by atoms with E-state index >= 15 is 0 Å². The van der Waals surface area contributed by atoms with Gasteiger partial charge in [-0.2, -0.15) is 23.4 Å². The van der Waals surface area contributed by atoms with E-state index in [1.54, 1.807) is 12.1 Å². The highest BCUT2D eigenvalue weighted by atomic mass is 79.9. The Morgan fingerprint density at radius 2 is 1.60 bits per heavy atom. The van der Waals surface area contributed by atoms with Gasteiger partial charge in [-0.1, -0.05) is 94.2 Å². The molecule has 244 valence electrons. The highest BCUT2D eigenvalue weighted by Crippen LogP contribution is 2.45. The summed E-state index contributed by atoms with van der Waals surface area (Å²) in [6, 6.07) is 24.9. The van der Waals surface area contributed by atoms with Gasteiger partial charge in [-0.15, -0.1) is 0 Å². The van der Waals surface area contributed by atoms with Crippen LogP contribution in [0.15, 0.2) is 105 Å². The van der Waals surface area contributed by atoms with E-state index < -0.39 is 23.8 Å². The Morgan fingerprint density at radius 1 is 0.938 bits per heavy atom. The highest BCUT2D eigenvalue weighted by Gasteiger charge is 2.45. The summed E-state index contributed by atoms with van der Waals surface area (Å²) in [4.78, 5) is 18.9. The number of hydrogen-bond donors (Lipinski definition) is 0. The summed E-state index contributed by atoms with van der Waals surface area (Å²) in [6.07, 6.45) is -0.117. The molecule has 0 N–H and O–H groups in total. The monoisotopic (exact) mass is 775 g/mol. The summed E-state index contributed by atoms with van der Waals surface area (Å²) >= 11 is 6.98. The van der Waals surface area contributed by atoms with Crippen LogP contribution in [0, 0.1) is 5.92 Å². The van der Waals surface area contributed by atoms with E-state index in [9.17, 15) is 18.0 Å². The van der Waals surface area contributed by atoms with Crippen LogP contribution < -0.4 is 0 Å². The van der Waals surface area contributed by atoms with Gasteiger partial charge in [-0.05, 0) is 83.9 Å². The first kappa shape index (κ1) is 32.5. The molecule has 0 saturated heterocycles. The van der Waals surface area contributed by atoms with Gasteiger partial charge in [-0.25, -0.2) is 14.5 Å². The van der Waals surface area contributed by atoms with Gasteiger partial charge in [0.15, 0.2) is 17.0 Å². The molecule has 2 aromatic heterocycles. The number of nitrogens with zero attached hydrogens (tertiary/aromatic N) is 5. The third-order valence-corrected chi connectivity index (χ3v) is 10.00. The topological polar surface area (TPSA) is 62.9 Å². The third-order valence-electron chi connectivity index (χ3n) is 8.94. The summed E-state index contributed by atoms with van der Waals surface area (Å²) in [5.74, 6) is -0.406. The highest BCUT2D eigenvalue weighted by molar-refractivity contribution is 9.10. The molecule has 11 heteroatoms. The number of carbonyl (C=O) groups excluding carboxylic acids is 1. The van der Waals surface area contributed by atoms with Crippen LogP contribution in [0.1, 0.15) is 77.9 Å². The number of hydrogen-bond acceptors (Lipinski definition) is 4. The van der Waals surface area contributed by atoms with Crippen molar-refractivity contribution in [2.24, 2.45) is 11.0 Å². The molecule has 0 unspecified atom stereocenters. The molecule has 3 aromatic carbocycles. The number of halogens is 5. The van der Waals surface area contributed by atoms with Crippen molar-refractivity contribution in [2.45, 2.75) is 51.2 Å². The van der Waals surface area contributed by atoms with Crippen LogP contribution in [0.2, 0.25) is 0 Å². The molecule has 2 atom stereocenters. The van der Waals surface area contributed by atoms with E-state index in [1.807, 2.05) is 74.5 Å². The average molecular weight is 777 g/mol.